The number of hydrogen-bond acceptors (Lipinski definition) is 1. The van der Waals surface area contributed by atoms with Gasteiger partial charge in [0.25, 0.3) is 0 Å². The first-order valence-electron chi connectivity index (χ1n) is 19.9. The van der Waals surface area contributed by atoms with Crippen LogP contribution in [0.15, 0.2) is 188 Å². The van der Waals surface area contributed by atoms with E-state index in [2.05, 4.69) is 221 Å². The van der Waals surface area contributed by atoms with Crippen molar-refractivity contribution in [1.82, 2.24) is 0 Å². The molecule has 268 valence electrons. The molecular weight excluding hydrogens is 675 g/mol. The van der Waals surface area contributed by atoms with E-state index in [9.17, 15) is 0 Å². The quantitative estimate of drug-likeness (QED) is 0.171. The lowest BCUT2D eigenvalue weighted by Crippen LogP contribution is -2.28. The van der Waals surface area contributed by atoms with Gasteiger partial charge in [-0.1, -0.05) is 185 Å². The minimum absolute atomic E-state index is 0.121. The molecule has 3 aliphatic carbocycles. The highest BCUT2D eigenvalue weighted by molar-refractivity contribution is 5.94. The summed E-state index contributed by atoms with van der Waals surface area (Å²) in [5.74, 6) is 0. The van der Waals surface area contributed by atoms with Gasteiger partial charge in [-0.25, -0.2) is 0 Å². The first-order chi connectivity index (χ1) is 27.3. The molecule has 0 aromatic heterocycles. The molecule has 8 aromatic rings. The average molecular weight is 718 g/mol. The smallest absolute Gasteiger partial charge is 0.0713 e. The van der Waals surface area contributed by atoms with Gasteiger partial charge in [0.15, 0.2) is 0 Å². The van der Waals surface area contributed by atoms with Crippen LogP contribution in [0, 0.1) is 0 Å². The van der Waals surface area contributed by atoms with Crippen LogP contribution in [-0.2, 0) is 16.2 Å². The molecule has 0 heterocycles. The van der Waals surface area contributed by atoms with Crippen molar-refractivity contribution in [3.63, 3.8) is 0 Å². The first-order valence-corrected chi connectivity index (χ1v) is 19.9. The van der Waals surface area contributed by atoms with Crippen LogP contribution < -0.4 is 4.90 Å². The Kier molecular flexibility index (Phi) is 6.93. The van der Waals surface area contributed by atoms with E-state index in [1.165, 1.54) is 89.3 Å². The van der Waals surface area contributed by atoms with Gasteiger partial charge in [0.1, 0.15) is 0 Å². The van der Waals surface area contributed by atoms with Crippen LogP contribution in [-0.4, -0.2) is 0 Å². The highest BCUT2D eigenvalue weighted by Gasteiger charge is 2.47. The third-order valence-corrected chi connectivity index (χ3v) is 13.3. The van der Waals surface area contributed by atoms with E-state index in [1.54, 1.807) is 0 Å². The summed E-state index contributed by atoms with van der Waals surface area (Å²) in [6.07, 6.45) is 0. The molecule has 0 atom stereocenters. The predicted octanol–water partition coefficient (Wildman–Crippen LogP) is 14.1. The van der Waals surface area contributed by atoms with E-state index in [0.29, 0.717) is 0 Å². The predicted molar refractivity (Wildman–Crippen MR) is 234 cm³/mol. The van der Waals surface area contributed by atoms with Crippen molar-refractivity contribution in [2.75, 3.05) is 4.90 Å². The van der Waals surface area contributed by atoms with Crippen LogP contribution in [0.3, 0.4) is 0 Å². The Balaban J connectivity index is 1.19. The Morgan fingerprint density at radius 2 is 0.786 bits per heavy atom. The molecule has 0 N–H and O–H groups in total. The van der Waals surface area contributed by atoms with Gasteiger partial charge in [-0.05, 0) is 108 Å². The van der Waals surface area contributed by atoms with E-state index in [0.717, 1.165) is 5.69 Å². The Labute approximate surface area is 330 Å². The summed E-state index contributed by atoms with van der Waals surface area (Å²) < 4.78 is 0. The fraction of sp³-hybridized carbons (Fsp3) is 0.127. The van der Waals surface area contributed by atoms with Gasteiger partial charge in [0, 0.05) is 22.2 Å². The molecule has 1 nitrogen and oxygen atoms in total. The van der Waals surface area contributed by atoms with Crippen molar-refractivity contribution in [2.24, 2.45) is 0 Å². The van der Waals surface area contributed by atoms with Crippen LogP contribution in [0.4, 0.5) is 17.1 Å². The van der Waals surface area contributed by atoms with Crippen LogP contribution in [0.1, 0.15) is 72.2 Å². The van der Waals surface area contributed by atoms with Crippen LogP contribution in [0.25, 0.3) is 33.4 Å². The average Bonchev–Trinajstić information content (AvgIpc) is 3.77. The molecule has 1 heteroatoms. The summed E-state index contributed by atoms with van der Waals surface area (Å²) in [6.45, 7) is 9.55. The molecule has 3 aliphatic rings. The van der Waals surface area contributed by atoms with Gasteiger partial charge < -0.3 is 4.90 Å². The zero-order chi connectivity index (χ0) is 37.8. The zero-order valence-corrected chi connectivity index (χ0v) is 32.3. The van der Waals surface area contributed by atoms with E-state index < -0.39 is 5.41 Å². The fourth-order valence-corrected chi connectivity index (χ4v) is 10.8. The second kappa shape index (κ2) is 11.8. The van der Waals surface area contributed by atoms with Crippen molar-refractivity contribution in [3.8, 4) is 33.4 Å². The number of anilines is 3. The molecule has 0 unspecified atom stereocenters. The van der Waals surface area contributed by atoms with Crippen LogP contribution >= 0.6 is 0 Å². The van der Waals surface area contributed by atoms with Gasteiger partial charge >= 0.3 is 0 Å². The molecule has 56 heavy (non-hydrogen) atoms. The number of rotatable bonds is 5. The van der Waals surface area contributed by atoms with Gasteiger partial charge in [-0.2, -0.15) is 0 Å². The molecule has 8 aromatic carbocycles. The normalized spacial score (nSPS) is 15.6. The number of fused-ring (bicyclic) bond motifs is 9. The molecule has 0 amide bonds. The lowest BCUT2D eigenvalue weighted by molar-refractivity contribution is 0.658. The maximum Gasteiger partial charge on any atom is 0.0713 e. The maximum absolute atomic E-state index is 2.56. The topological polar surface area (TPSA) is 3.24 Å². The lowest BCUT2D eigenvalue weighted by atomic mass is 9.68. The Hall–Kier alpha value is -6.44. The van der Waals surface area contributed by atoms with Crippen LogP contribution in [0.5, 0.6) is 0 Å². The monoisotopic (exact) mass is 717 g/mol. The highest BCUT2D eigenvalue weighted by Crippen LogP contribution is 2.59. The molecule has 0 spiro atoms. The van der Waals surface area contributed by atoms with Crippen molar-refractivity contribution < 1.29 is 0 Å². The third kappa shape index (κ3) is 4.32. The molecule has 0 aliphatic heterocycles. The molecule has 0 radical (unpaired) electrons. The summed E-state index contributed by atoms with van der Waals surface area (Å²) in [7, 11) is 0. The minimum atomic E-state index is -0.446. The largest absolute Gasteiger partial charge is 0.310 e. The SMILES string of the molecule is CC1(C)c2ccccc2-c2ccc(N(c3ccc4c(c3)-c3ccccc3C4(c3ccccc3)c3ccccc3)c3cccc4c3C(C)(C)c3ccccc3-4)cc21. The zero-order valence-electron chi connectivity index (χ0n) is 32.3. The van der Waals surface area contributed by atoms with Crippen molar-refractivity contribution >= 4 is 17.1 Å². The van der Waals surface area contributed by atoms with Crippen molar-refractivity contribution in [3.05, 3.63) is 233 Å². The second-order valence-electron chi connectivity index (χ2n) is 16.9. The standard InChI is InChI=1S/C55H43N/c1-53(2)46-26-14-11-22-40(46)43-32-30-39(35-50(43)53)56(51-29-17-25-44-41-23-12-15-27-47(41)54(3,4)52(44)51)38-31-33-49-45(34-38)42-24-13-16-28-48(42)55(49,36-18-7-5-8-19-36)37-20-9-6-10-21-37/h5-35H,1-4H3. The van der Waals surface area contributed by atoms with Crippen molar-refractivity contribution in [1.29, 1.82) is 0 Å². The second-order valence-corrected chi connectivity index (χ2v) is 16.9. The summed E-state index contributed by atoms with van der Waals surface area (Å²) in [4.78, 5) is 2.56. The third-order valence-electron chi connectivity index (χ3n) is 13.3. The molecule has 0 bridgehead atoms. The van der Waals surface area contributed by atoms with Gasteiger partial charge in [-0.3, -0.25) is 0 Å². The Morgan fingerprint density at radius 3 is 1.45 bits per heavy atom. The molecular formula is C55H43N. The molecule has 0 fully saturated rings. The van der Waals surface area contributed by atoms with Crippen molar-refractivity contribution in [2.45, 2.75) is 43.9 Å². The molecule has 0 saturated heterocycles. The molecule has 0 saturated carbocycles. The minimum Gasteiger partial charge on any atom is -0.310 e. The first kappa shape index (κ1) is 32.9. The summed E-state index contributed by atoms with van der Waals surface area (Å²) in [5.41, 5.74) is 21.4. The van der Waals surface area contributed by atoms with Crippen LogP contribution in [0.2, 0.25) is 0 Å². The summed E-state index contributed by atoms with van der Waals surface area (Å²) in [6, 6.07) is 70.6. The summed E-state index contributed by atoms with van der Waals surface area (Å²) in [5, 5.41) is 0. The number of benzene rings is 8. The van der Waals surface area contributed by atoms with Gasteiger partial charge in [-0.15, -0.1) is 0 Å². The number of nitrogens with zero attached hydrogens (tertiary/aromatic N) is 1. The molecule has 11 rings (SSSR count). The number of hydrogen-bond donors (Lipinski definition) is 0. The fourth-order valence-electron chi connectivity index (χ4n) is 10.8. The Bertz CT molecular complexity index is 2820. The van der Waals surface area contributed by atoms with E-state index in [-0.39, 0.29) is 10.8 Å². The lowest BCUT2D eigenvalue weighted by Gasteiger charge is -2.35. The highest BCUT2D eigenvalue weighted by atomic mass is 15.1. The van der Waals surface area contributed by atoms with E-state index in [4.69, 9.17) is 0 Å². The Morgan fingerprint density at radius 1 is 0.321 bits per heavy atom. The maximum atomic E-state index is 2.56. The van der Waals surface area contributed by atoms with Gasteiger partial charge in [0.05, 0.1) is 11.1 Å². The van der Waals surface area contributed by atoms with Gasteiger partial charge in [0.2, 0.25) is 0 Å². The summed E-state index contributed by atoms with van der Waals surface area (Å²) >= 11 is 0. The van der Waals surface area contributed by atoms with E-state index in [1.807, 2.05) is 0 Å². The van der Waals surface area contributed by atoms with E-state index >= 15 is 0 Å².